The molecule has 0 amide bonds. The average Bonchev–Trinajstić information content (AvgIpc) is 3.29. The fourth-order valence-corrected chi connectivity index (χ4v) is 3.89. The molecular formula is C21H36N4O2. The van der Waals surface area contributed by atoms with Crippen LogP contribution >= 0.6 is 0 Å². The van der Waals surface area contributed by atoms with Gasteiger partial charge in [-0.1, -0.05) is 0 Å². The molecule has 0 saturated carbocycles. The van der Waals surface area contributed by atoms with Gasteiger partial charge in [-0.05, 0) is 79.6 Å². The van der Waals surface area contributed by atoms with Gasteiger partial charge in [0.15, 0.2) is 0 Å². The van der Waals surface area contributed by atoms with Gasteiger partial charge in [-0.3, -0.25) is 4.79 Å². The molecule has 2 aliphatic rings. The van der Waals surface area contributed by atoms with Crippen molar-refractivity contribution in [1.29, 1.82) is 0 Å². The number of carbonyl (C=O) groups is 1. The molecule has 2 saturated heterocycles. The summed E-state index contributed by atoms with van der Waals surface area (Å²) in [6, 6.07) is 0. The first-order valence-electron chi connectivity index (χ1n) is 10.6. The number of hydrogen-bond acceptors (Lipinski definition) is 5. The Labute approximate surface area is 163 Å². The molecular weight excluding hydrogens is 340 g/mol. The van der Waals surface area contributed by atoms with E-state index in [9.17, 15) is 4.79 Å². The van der Waals surface area contributed by atoms with Crippen LogP contribution in [0.25, 0.3) is 0 Å². The van der Waals surface area contributed by atoms with E-state index in [4.69, 9.17) is 9.72 Å². The minimum Gasteiger partial charge on any atom is -0.456 e. The summed E-state index contributed by atoms with van der Waals surface area (Å²) in [6.45, 7) is 14.2. The third-order valence-corrected chi connectivity index (χ3v) is 5.70. The molecule has 3 heterocycles. The molecule has 0 aliphatic carbocycles. The smallest absolute Gasteiger partial charge is 0.311 e. The van der Waals surface area contributed by atoms with E-state index in [1.54, 1.807) is 0 Å². The van der Waals surface area contributed by atoms with Crippen LogP contribution in [0.5, 0.6) is 0 Å². The molecule has 27 heavy (non-hydrogen) atoms. The number of rotatable bonds is 6. The Kier molecular flexibility index (Phi) is 6.58. The van der Waals surface area contributed by atoms with Crippen LogP contribution in [0, 0.1) is 5.41 Å². The van der Waals surface area contributed by atoms with Crippen molar-refractivity contribution in [3.8, 4) is 0 Å². The second-order valence-electron chi connectivity index (χ2n) is 9.09. The molecule has 0 spiro atoms. The van der Waals surface area contributed by atoms with Crippen molar-refractivity contribution in [3.05, 3.63) is 17.7 Å². The van der Waals surface area contributed by atoms with E-state index >= 15 is 0 Å². The highest BCUT2D eigenvalue weighted by atomic mass is 16.5. The molecule has 0 radical (unpaired) electrons. The molecule has 1 unspecified atom stereocenters. The minimum absolute atomic E-state index is 0.176. The lowest BCUT2D eigenvalue weighted by molar-refractivity contribution is -0.158. The average molecular weight is 377 g/mol. The number of hydrogen-bond donors (Lipinski definition) is 1. The largest absolute Gasteiger partial charge is 0.456 e. The van der Waals surface area contributed by atoms with Gasteiger partial charge in [0.25, 0.3) is 0 Å². The van der Waals surface area contributed by atoms with Crippen molar-refractivity contribution in [3.63, 3.8) is 0 Å². The van der Waals surface area contributed by atoms with E-state index in [1.165, 1.54) is 31.8 Å². The van der Waals surface area contributed by atoms with Crippen molar-refractivity contribution >= 4 is 5.97 Å². The number of carbonyl (C=O) groups excluding carboxylic acids is 1. The number of nitrogens with zero attached hydrogens (tertiary/aromatic N) is 3. The van der Waals surface area contributed by atoms with Crippen LogP contribution in [0.2, 0.25) is 0 Å². The highest BCUT2D eigenvalue weighted by Gasteiger charge is 2.28. The summed E-state index contributed by atoms with van der Waals surface area (Å²) in [7, 11) is 0. The third-order valence-electron chi connectivity index (χ3n) is 5.70. The molecule has 152 valence electrons. The normalized spacial score (nSPS) is 20.7. The van der Waals surface area contributed by atoms with E-state index in [1.807, 2.05) is 27.7 Å². The van der Waals surface area contributed by atoms with Crippen LogP contribution < -0.4 is 5.32 Å². The highest BCUT2D eigenvalue weighted by molar-refractivity contribution is 5.75. The topological polar surface area (TPSA) is 59.4 Å². The van der Waals surface area contributed by atoms with Gasteiger partial charge < -0.3 is 19.5 Å². The fraction of sp³-hybridized carbons (Fsp3) is 0.810. The number of likely N-dealkylation sites (tertiary alicyclic amines) is 1. The van der Waals surface area contributed by atoms with Crippen molar-refractivity contribution in [1.82, 2.24) is 19.8 Å². The monoisotopic (exact) mass is 376 g/mol. The molecule has 1 N–H and O–H groups in total. The van der Waals surface area contributed by atoms with Gasteiger partial charge >= 0.3 is 5.97 Å². The lowest BCUT2D eigenvalue weighted by Gasteiger charge is -2.24. The van der Waals surface area contributed by atoms with Crippen LogP contribution in [0.15, 0.2) is 6.20 Å². The Morgan fingerprint density at radius 2 is 1.93 bits per heavy atom. The van der Waals surface area contributed by atoms with Gasteiger partial charge in [-0.15, -0.1) is 0 Å². The first kappa shape index (κ1) is 20.3. The molecule has 2 aliphatic heterocycles. The predicted octanol–water partition coefficient (Wildman–Crippen LogP) is 3.10. The van der Waals surface area contributed by atoms with Crippen LogP contribution in [0.1, 0.15) is 76.9 Å². The number of piperidine rings is 1. The lowest BCUT2D eigenvalue weighted by atomic mass is 9.97. The molecule has 0 aromatic carbocycles. The quantitative estimate of drug-likeness (QED) is 0.773. The number of imidazole rings is 1. The number of nitrogens with one attached hydrogen (secondary N) is 1. The molecule has 0 bridgehead atoms. The molecule has 2 fully saturated rings. The Bertz CT molecular complexity index is 623. The lowest BCUT2D eigenvalue weighted by Crippen LogP contribution is -2.29. The summed E-state index contributed by atoms with van der Waals surface area (Å²) in [5.74, 6) is 1.48. The van der Waals surface area contributed by atoms with Crippen molar-refractivity contribution in [2.24, 2.45) is 5.41 Å². The van der Waals surface area contributed by atoms with Gasteiger partial charge in [0, 0.05) is 25.2 Å². The number of esters is 1. The predicted molar refractivity (Wildman–Crippen MR) is 107 cm³/mol. The van der Waals surface area contributed by atoms with E-state index < -0.39 is 5.41 Å². The summed E-state index contributed by atoms with van der Waals surface area (Å²) >= 11 is 0. The zero-order valence-corrected chi connectivity index (χ0v) is 17.5. The molecule has 1 atom stereocenters. The van der Waals surface area contributed by atoms with E-state index in [2.05, 4.69) is 21.0 Å². The zero-order chi connectivity index (χ0) is 19.4. The Morgan fingerprint density at radius 1 is 1.26 bits per heavy atom. The zero-order valence-electron chi connectivity index (χ0n) is 17.5. The van der Waals surface area contributed by atoms with Crippen LogP contribution in [-0.2, 0) is 16.1 Å². The third kappa shape index (κ3) is 5.32. The van der Waals surface area contributed by atoms with E-state index in [0.29, 0.717) is 5.92 Å². The first-order valence-corrected chi connectivity index (χ1v) is 10.6. The maximum atomic E-state index is 12.3. The summed E-state index contributed by atoms with van der Waals surface area (Å²) in [6.07, 6.45) is 6.68. The van der Waals surface area contributed by atoms with E-state index in [0.717, 1.165) is 44.7 Å². The summed E-state index contributed by atoms with van der Waals surface area (Å²) < 4.78 is 8.02. The summed E-state index contributed by atoms with van der Waals surface area (Å²) in [5.41, 5.74) is 0.382. The van der Waals surface area contributed by atoms with Crippen molar-refractivity contribution in [2.75, 3.05) is 32.7 Å². The number of ether oxygens (including phenoxy) is 1. The van der Waals surface area contributed by atoms with Crippen LogP contribution in [0.3, 0.4) is 0 Å². The SMILES string of the molecule is CC(OC(=O)C(C)(C)C)c1cn(CCN2CCCC2)c(C2CCNCC2)n1. The van der Waals surface area contributed by atoms with Gasteiger partial charge in [-0.2, -0.15) is 0 Å². The summed E-state index contributed by atoms with van der Waals surface area (Å²) in [5, 5.41) is 3.44. The van der Waals surface area contributed by atoms with Gasteiger partial charge in [0.2, 0.25) is 0 Å². The van der Waals surface area contributed by atoms with Crippen molar-refractivity contribution in [2.45, 2.75) is 71.9 Å². The second-order valence-corrected chi connectivity index (χ2v) is 9.09. The maximum absolute atomic E-state index is 12.3. The molecule has 3 rings (SSSR count). The van der Waals surface area contributed by atoms with Crippen LogP contribution in [0.4, 0.5) is 0 Å². The summed E-state index contributed by atoms with van der Waals surface area (Å²) in [4.78, 5) is 19.8. The Balaban J connectivity index is 1.74. The maximum Gasteiger partial charge on any atom is 0.311 e. The molecule has 6 heteroatoms. The standard InChI is InChI=1S/C21H36N4O2/c1-16(27-20(26)21(2,3)4)18-15-25(14-13-24-11-5-6-12-24)19(23-18)17-7-9-22-10-8-17/h15-17,22H,5-14H2,1-4H3. The highest BCUT2D eigenvalue weighted by Crippen LogP contribution is 2.28. The van der Waals surface area contributed by atoms with Gasteiger partial charge in [0.1, 0.15) is 11.9 Å². The Hall–Kier alpha value is -1.40. The molecule has 1 aromatic heterocycles. The van der Waals surface area contributed by atoms with Gasteiger partial charge in [0.05, 0.1) is 11.1 Å². The van der Waals surface area contributed by atoms with Crippen molar-refractivity contribution < 1.29 is 9.53 Å². The number of aromatic nitrogens is 2. The van der Waals surface area contributed by atoms with Crippen LogP contribution in [-0.4, -0.2) is 53.1 Å². The second kappa shape index (κ2) is 8.74. The molecule has 1 aromatic rings. The Morgan fingerprint density at radius 3 is 2.56 bits per heavy atom. The fourth-order valence-electron chi connectivity index (χ4n) is 3.89. The first-order chi connectivity index (χ1) is 12.8. The van der Waals surface area contributed by atoms with E-state index in [-0.39, 0.29) is 12.1 Å². The van der Waals surface area contributed by atoms with Gasteiger partial charge in [-0.25, -0.2) is 4.98 Å². The molecule has 6 nitrogen and oxygen atoms in total. The minimum atomic E-state index is -0.496.